The Morgan fingerprint density at radius 1 is 1.04 bits per heavy atom. The smallest absolute Gasteiger partial charge is 0.137 e. The molecular formula is C21H15N5. The van der Waals surface area contributed by atoms with Gasteiger partial charge in [0.25, 0.3) is 0 Å². The van der Waals surface area contributed by atoms with Crippen molar-refractivity contribution in [3.8, 4) is 22.3 Å². The number of hydrogen-bond acceptors (Lipinski definition) is 3. The number of hydrogen-bond donors (Lipinski definition) is 1. The molecule has 26 heavy (non-hydrogen) atoms. The predicted octanol–water partition coefficient (Wildman–Crippen LogP) is 4.58. The van der Waals surface area contributed by atoms with Crippen molar-refractivity contribution < 1.29 is 0 Å². The second kappa shape index (κ2) is 5.67. The van der Waals surface area contributed by atoms with Crippen molar-refractivity contribution in [3.05, 3.63) is 79.7 Å². The predicted molar refractivity (Wildman–Crippen MR) is 104 cm³/mol. The molecule has 0 saturated heterocycles. The zero-order valence-electron chi connectivity index (χ0n) is 13.9. The summed E-state index contributed by atoms with van der Waals surface area (Å²) < 4.78 is 1.86. The molecule has 0 fully saturated rings. The van der Waals surface area contributed by atoms with Crippen molar-refractivity contribution in [2.24, 2.45) is 0 Å². The molecule has 0 amide bonds. The van der Waals surface area contributed by atoms with E-state index in [1.807, 2.05) is 53.7 Å². The highest BCUT2D eigenvalue weighted by molar-refractivity contribution is 5.96. The molecule has 5 nitrogen and oxygen atoms in total. The summed E-state index contributed by atoms with van der Waals surface area (Å²) >= 11 is 0. The van der Waals surface area contributed by atoms with Crippen molar-refractivity contribution in [1.29, 1.82) is 0 Å². The van der Waals surface area contributed by atoms with E-state index in [1.165, 1.54) is 0 Å². The quantitative estimate of drug-likeness (QED) is 0.524. The third-order valence-electron chi connectivity index (χ3n) is 4.61. The van der Waals surface area contributed by atoms with Crippen LogP contribution < -0.4 is 0 Å². The van der Waals surface area contributed by atoms with Gasteiger partial charge in [-0.25, -0.2) is 9.50 Å². The highest BCUT2D eigenvalue weighted by Gasteiger charge is 2.11. The molecule has 0 unspecified atom stereocenters. The third-order valence-corrected chi connectivity index (χ3v) is 4.61. The molecule has 124 valence electrons. The van der Waals surface area contributed by atoms with Crippen LogP contribution in [0.2, 0.25) is 0 Å². The molecule has 0 aliphatic carbocycles. The molecule has 0 atom stereocenters. The third kappa shape index (κ3) is 2.22. The molecule has 0 bridgehead atoms. The fourth-order valence-electron chi connectivity index (χ4n) is 3.26. The molecule has 0 saturated carbocycles. The van der Waals surface area contributed by atoms with Gasteiger partial charge in [0.05, 0.1) is 11.7 Å². The molecule has 0 aliphatic heterocycles. The fraction of sp³-hybridized carbons (Fsp3) is 0. The van der Waals surface area contributed by atoms with Gasteiger partial charge in [0.1, 0.15) is 5.65 Å². The number of aromatic amines is 1. The van der Waals surface area contributed by atoms with Crippen LogP contribution >= 0.6 is 0 Å². The van der Waals surface area contributed by atoms with E-state index in [4.69, 9.17) is 0 Å². The maximum Gasteiger partial charge on any atom is 0.137 e. The molecule has 5 heterocycles. The van der Waals surface area contributed by atoms with E-state index in [9.17, 15) is 0 Å². The SMILES string of the molecule is C=Cc1cnn2ccc(-c3c[nH]c4ncc(-c5cccnc5)cc34)cc12. The Hall–Kier alpha value is -3.73. The average molecular weight is 337 g/mol. The van der Waals surface area contributed by atoms with Crippen molar-refractivity contribution in [2.75, 3.05) is 0 Å². The standard InChI is InChI=1S/C21H15N5/c1-2-14-12-25-26-7-5-15(9-20(14)26)19-13-24-21-18(19)8-17(11-23-21)16-4-3-6-22-10-16/h2-13H,1H2,(H,23,24). The van der Waals surface area contributed by atoms with Gasteiger partial charge in [0.15, 0.2) is 0 Å². The van der Waals surface area contributed by atoms with Crippen molar-refractivity contribution in [3.63, 3.8) is 0 Å². The number of aromatic nitrogens is 5. The Labute approximate surface area is 149 Å². The molecule has 5 rings (SSSR count). The Morgan fingerprint density at radius 2 is 2.00 bits per heavy atom. The maximum atomic E-state index is 4.57. The zero-order valence-corrected chi connectivity index (χ0v) is 13.9. The van der Waals surface area contributed by atoms with Crippen LogP contribution in [0.25, 0.3) is 44.9 Å². The summed E-state index contributed by atoms with van der Waals surface area (Å²) in [4.78, 5) is 12.0. The van der Waals surface area contributed by atoms with Gasteiger partial charge < -0.3 is 4.98 Å². The molecule has 5 heteroatoms. The van der Waals surface area contributed by atoms with Gasteiger partial charge in [-0.3, -0.25) is 4.98 Å². The fourth-order valence-corrected chi connectivity index (χ4v) is 3.26. The van der Waals surface area contributed by atoms with Gasteiger partial charge in [0.2, 0.25) is 0 Å². The highest BCUT2D eigenvalue weighted by Crippen LogP contribution is 2.31. The summed E-state index contributed by atoms with van der Waals surface area (Å²) in [5.41, 5.74) is 7.22. The Kier molecular flexibility index (Phi) is 3.18. The van der Waals surface area contributed by atoms with Gasteiger partial charge in [-0.2, -0.15) is 5.10 Å². The number of H-pyrrole nitrogens is 1. The number of nitrogens with one attached hydrogen (secondary N) is 1. The molecular weight excluding hydrogens is 322 g/mol. The number of rotatable bonds is 3. The first kappa shape index (κ1) is 14.6. The van der Waals surface area contributed by atoms with Crippen LogP contribution in [0.1, 0.15) is 5.56 Å². The molecule has 1 N–H and O–H groups in total. The van der Waals surface area contributed by atoms with Crippen molar-refractivity contribution in [1.82, 2.24) is 24.6 Å². The lowest BCUT2D eigenvalue weighted by Crippen LogP contribution is -1.87. The highest BCUT2D eigenvalue weighted by atomic mass is 15.2. The largest absolute Gasteiger partial charge is 0.346 e. The second-order valence-corrected chi connectivity index (χ2v) is 6.11. The van der Waals surface area contributed by atoms with Crippen LogP contribution in [-0.2, 0) is 0 Å². The summed E-state index contributed by atoms with van der Waals surface area (Å²) in [6, 6.07) is 10.3. The minimum Gasteiger partial charge on any atom is -0.346 e. The van der Waals surface area contributed by atoms with E-state index in [-0.39, 0.29) is 0 Å². The van der Waals surface area contributed by atoms with Crippen molar-refractivity contribution in [2.45, 2.75) is 0 Å². The van der Waals surface area contributed by atoms with Gasteiger partial charge in [-0.15, -0.1) is 0 Å². The Balaban J connectivity index is 1.70. The molecule has 5 aromatic heterocycles. The summed E-state index contributed by atoms with van der Waals surface area (Å²) in [5.74, 6) is 0. The summed E-state index contributed by atoms with van der Waals surface area (Å²) in [7, 11) is 0. The van der Waals surface area contributed by atoms with Crippen LogP contribution in [0.5, 0.6) is 0 Å². The van der Waals surface area contributed by atoms with Crippen LogP contribution in [0.3, 0.4) is 0 Å². The van der Waals surface area contributed by atoms with Gasteiger partial charge in [0, 0.05) is 58.6 Å². The van der Waals surface area contributed by atoms with Gasteiger partial charge >= 0.3 is 0 Å². The minimum absolute atomic E-state index is 0.866. The van der Waals surface area contributed by atoms with E-state index in [0.717, 1.165) is 44.4 Å². The number of pyridine rings is 3. The van der Waals surface area contributed by atoms with E-state index in [2.05, 4.69) is 44.8 Å². The van der Waals surface area contributed by atoms with Crippen LogP contribution in [0, 0.1) is 0 Å². The monoisotopic (exact) mass is 337 g/mol. The van der Waals surface area contributed by atoms with Crippen LogP contribution in [-0.4, -0.2) is 24.6 Å². The number of nitrogens with zero attached hydrogens (tertiary/aromatic N) is 4. The van der Waals surface area contributed by atoms with Gasteiger partial charge in [-0.05, 0) is 29.8 Å². The van der Waals surface area contributed by atoms with E-state index >= 15 is 0 Å². The topological polar surface area (TPSA) is 58.9 Å². The number of fused-ring (bicyclic) bond motifs is 2. The Bertz CT molecular complexity index is 1250. The van der Waals surface area contributed by atoms with Gasteiger partial charge in [-0.1, -0.05) is 18.7 Å². The van der Waals surface area contributed by atoms with E-state index < -0.39 is 0 Å². The molecule has 5 aromatic rings. The lowest BCUT2D eigenvalue weighted by atomic mass is 10.0. The van der Waals surface area contributed by atoms with Crippen molar-refractivity contribution >= 4 is 22.6 Å². The molecule has 0 aromatic carbocycles. The van der Waals surface area contributed by atoms with Crippen LogP contribution in [0.15, 0.2) is 74.1 Å². The normalized spacial score (nSPS) is 11.2. The summed E-state index contributed by atoms with van der Waals surface area (Å²) in [5, 5.41) is 5.43. The minimum atomic E-state index is 0.866. The zero-order chi connectivity index (χ0) is 17.5. The average Bonchev–Trinajstić information content (AvgIpc) is 3.31. The summed E-state index contributed by atoms with van der Waals surface area (Å²) in [6.45, 7) is 3.87. The van der Waals surface area contributed by atoms with E-state index in [1.54, 1.807) is 6.20 Å². The lowest BCUT2D eigenvalue weighted by molar-refractivity contribution is 0.962. The first-order chi connectivity index (χ1) is 12.8. The molecule has 0 radical (unpaired) electrons. The maximum absolute atomic E-state index is 4.57. The molecule has 0 spiro atoms. The molecule has 0 aliphatic rings. The summed E-state index contributed by atoms with van der Waals surface area (Å²) in [6.07, 6.45) is 13.1. The first-order valence-corrected chi connectivity index (χ1v) is 8.31. The first-order valence-electron chi connectivity index (χ1n) is 8.31. The Morgan fingerprint density at radius 3 is 2.85 bits per heavy atom. The van der Waals surface area contributed by atoms with Crippen LogP contribution in [0.4, 0.5) is 0 Å². The second-order valence-electron chi connectivity index (χ2n) is 6.11. The van der Waals surface area contributed by atoms with E-state index in [0.29, 0.717) is 0 Å². The lowest BCUT2D eigenvalue weighted by Gasteiger charge is -2.04.